The van der Waals surface area contributed by atoms with E-state index in [-0.39, 0.29) is 18.6 Å². The number of hydrogen-bond acceptors (Lipinski definition) is 3. The SMILES string of the molecule is CCC(C)(O)CNC(=O)c1cccc(OC(C)C)c1. The molecule has 0 heterocycles. The van der Waals surface area contributed by atoms with Gasteiger partial charge in [0.15, 0.2) is 0 Å². The smallest absolute Gasteiger partial charge is 0.251 e. The molecule has 0 fully saturated rings. The fourth-order valence-electron chi connectivity index (χ4n) is 1.48. The predicted octanol–water partition coefficient (Wildman–Crippen LogP) is 2.36. The van der Waals surface area contributed by atoms with Gasteiger partial charge in [-0.3, -0.25) is 4.79 Å². The van der Waals surface area contributed by atoms with Crippen LogP contribution >= 0.6 is 0 Å². The quantitative estimate of drug-likeness (QED) is 0.830. The van der Waals surface area contributed by atoms with Gasteiger partial charge in [-0.25, -0.2) is 0 Å². The van der Waals surface area contributed by atoms with Crippen LogP contribution in [0.2, 0.25) is 0 Å². The summed E-state index contributed by atoms with van der Waals surface area (Å²) in [5, 5.41) is 12.6. The van der Waals surface area contributed by atoms with Crippen LogP contribution in [-0.2, 0) is 0 Å². The average Bonchev–Trinajstić information content (AvgIpc) is 2.35. The Labute approximate surface area is 114 Å². The number of amides is 1. The zero-order valence-electron chi connectivity index (χ0n) is 12.1. The number of carbonyl (C=O) groups is 1. The van der Waals surface area contributed by atoms with Crippen molar-refractivity contribution in [1.29, 1.82) is 0 Å². The number of ether oxygens (including phenoxy) is 1. The van der Waals surface area contributed by atoms with Crippen LogP contribution in [0.4, 0.5) is 0 Å². The highest BCUT2D eigenvalue weighted by Crippen LogP contribution is 2.15. The van der Waals surface area contributed by atoms with Crippen LogP contribution in [0, 0.1) is 0 Å². The van der Waals surface area contributed by atoms with E-state index >= 15 is 0 Å². The molecule has 0 radical (unpaired) electrons. The summed E-state index contributed by atoms with van der Waals surface area (Å²) in [6, 6.07) is 7.03. The molecule has 1 aromatic carbocycles. The molecule has 0 saturated heterocycles. The molecule has 1 aromatic rings. The second kappa shape index (κ2) is 6.57. The summed E-state index contributed by atoms with van der Waals surface area (Å²) in [6.07, 6.45) is 0.656. The van der Waals surface area contributed by atoms with E-state index in [1.807, 2.05) is 26.8 Å². The summed E-state index contributed by atoms with van der Waals surface area (Å²) in [4.78, 5) is 12.0. The zero-order valence-corrected chi connectivity index (χ0v) is 12.1. The average molecular weight is 265 g/mol. The summed E-state index contributed by atoms with van der Waals surface area (Å²) in [6.45, 7) is 7.68. The van der Waals surface area contributed by atoms with E-state index in [1.54, 1.807) is 25.1 Å². The number of hydrogen-bond donors (Lipinski definition) is 2. The highest BCUT2D eigenvalue weighted by Gasteiger charge is 2.18. The van der Waals surface area contributed by atoms with Crippen molar-refractivity contribution < 1.29 is 14.6 Å². The molecule has 106 valence electrons. The van der Waals surface area contributed by atoms with Crippen LogP contribution in [0.25, 0.3) is 0 Å². The molecule has 19 heavy (non-hydrogen) atoms. The van der Waals surface area contributed by atoms with Crippen molar-refractivity contribution in [3.63, 3.8) is 0 Å². The fraction of sp³-hybridized carbons (Fsp3) is 0.533. The molecule has 1 unspecified atom stereocenters. The van der Waals surface area contributed by atoms with Crippen LogP contribution < -0.4 is 10.1 Å². The largest absolute Gasteiger partial charge is 0.491 e. The summed E-state index contributed by atoms with van der Waals surface area (Å²) >= 11 is 0. The molecular weight excluding hydrogens is 242 g/mol. The first-order valence-electron chi connectivity index (χ1n) is 6.61. The first-order chi connectivity index (χ1) is 8.84. The summed E-state index contributed by atoms with van der Waals surface area (Å²) in [5.41, 5.74) is -0.341. The molecule has 0 aliphatic heterocycles. The van der Waals surface area contributed by atoms with Crippen molar-refractivity contribution in [3.8, 4) is 5.75 Å². The Morgan fingerprint density at radius 1 is 1.47 bits per heavy atom. The normalized spacial score (nSPS) is 14.0. The Balaban J connectivity index is 2.67. The summed E-state index contributed by atoms with van der Waals surface area (Å²) in [5.74, 6) is 0.466. The van der Waals surface area contributed by atoms with Gasteiger partial charge in [0.25, 0.3) is 5.91 Å². The van der Waals surface area contributed by atoms with Crippen molar-refractivity contribution >= 4 is 5.91 Å². The maximum Gasteiger partial charge on any atom is 0.251 e. The highest BCUT2D eigenvalue weighted by atomic mass is 16.5. The molecule has 0 aliphatic carbocycles. The third kappa shape index (κ3) is 5.30. The maximum absolute atomic E-state index is 12.0. The Morgan fingerprint density at radius 2 is 2.16 bits per heavy atom. The molecule has 1 atom stereocenters. The monoisotopic (exact) mass is 265 g/mol. The van der Waals surface area contributed by atoms with Crippen LogP contribution in [0.5, 0.6) is 5.75 Å². The molecule has 2 N–H and O–H groups in total. The summed E-state index contributed by atoms with van der Waals surface area (Å²) < 4.78 is 5.54. The molecule has 1 rings (SSSR count). The van der Waals surface area contributed by atoms with Crippen molar-refractivity contribution in [1.82, 2.24) is 5.32 Å². The Hall–Kier alpha value is -1.55. The zero-order chi connectivity index (χ0) is 14.5. The summed E-state index contributed by atoms with van der Waals surface area (Å²) in [7, 11) is 0. The first kappa shape index (κ1) is 15.5. The molecular formula is C15H23NO3. The number of rotatable bonds is 6. The predicted molar refractivity (Wildman–Crippen MR) is 75.5 cm³/mol. The molecule has 0 saturated carbocycles. The van der Waals surface area contributed by atoms with Gasteiger partial charge in [-0.2, -0.15) is 0 Å². The first-order valence-corrected chi connectivity index (χ1v) is 6.61. The third-order valence-electron chi connectivity index (χ3n) is 2.86. The topological polar surface area (TPSA) is 58.6 Å². The van der Waals surface area contributed by atoms with Gasteiger partial charge in [-0.05, 0) is 45.4 Å². The second-order valence-electron chi connectivity index (χ2n) is 5.23. The number of benzene rings is 1. The number of aliphatic hydroxyl groups is 1. The minimum Gasteiger partial charge on any atom is -0.491 e. The van der Waals surface area contributed by atoms with E-state index in [0.29, 0.717) is 17.7 Å². The lowest BCUT2D eigenvalue weighted by molar-refractivity contribution is 0.0518. The number of nitrogens with one attached hydrogen (secondary N) is 1. The molecule has 0 bridgehead atoms. The lowest BCUT2D eigenvalue weighted by Gasteiger charge is -2.21. The lowest BCUT2D eigenvalue weighted by Crippen LogP contribution is -2.40. The van der Waals surface area contributed by atoms with Crippen LogP contribution in [0.1, 0.15) is 44.5 Å². The fourth-order valence-corrected chi connectivity index (χ4v) is 1.48. The van der Waals surface area contributed by atoms with Gasteiger partial charge in [0.1, 0.15) is 5.75 Å². The molecule has 1 amide bonds. The Morgan fingerprint density at radius 3 is 2.74 bits per heavy atom. The molecule has 4 nitrogen and oxygen atoms in total. The molecule has 4 heteroatoms. The van der Waals surface area contributed by atoms with E-state index in [1.165, 1.54) is 0 Å². The van der Waals surface area contributed by atoms with E-state index in [4.69, 9.17) is 4.74 Å². The molecule has 0 spiro atoms. The van der Waals surface area contributed by atoms with Gasteiger partial charge in [0.2, 0.25) is 0 Å². The standard InChI is InChI=1S/C15H23NO3/c1-5-15(4,18)10-16-14(17)12-7-6-8-13(9-12)19-11(2)3/h6-9,11,18H,5,10H2,1-4H3,(H,16,17). The van der Waals surface area contributed by atoms with Crippen LogP contribution in [0.15, 0.2) is 24.3 Å². The van der Waals surface area contributed by atoms with Gasteiger partial charge < -0.3 is 15.2 Å². The lowest BCUT2D eigenvalue weighted by atomic mass is 10.0. The van der Waals surface area contributed by atoms with Gasteiger partial charge in [0.05, 0.1) is 11.7 Å². The highest BCUT2D eigenvalue weighted by molar-refractivity contribution is 5.94. The minimum atomic E-state index is -0.873. The van der Waals surface area contributed by atoms with E-state index in [2.05, 4.69) is 5.32 Å². The third-order valence-corrected chi connectivity index (χ3v) is 2.86. The van der Waals surface area contributed by atoms with Gasteiger partial charge in [-0.15, -0.1) is 0 Å². The van der Waals surface area contributed by atoms with Crippen molar-refractivity contribution in [2.75, 3.05) is 6.54 Å². The van der Waals surface area contributed by atoms with E-state index < -0.39 is 5.60 Å². The van der Waals surface area contributed by atoms with E-state index in [0.717, 1.165) is 0 Å². The van der Waals surface area contributed by atoms with Crippen molar-refractivity contribution in [2.24, 2.45) is 0 Å². The van der Waals surface area contributed by atoms with Gasteiger partial charge in [-0.1, -0.05) is 13.0 Å². The maximum atomic E-state index is 12.0. The van der Waals surface area contributed by atoms with Crippen LogP contribution in [0.3, 0.4) is 0 Å². The van der Waals surface area contributed by atoms with Gasteiger partial charge in [0, 0.05) is 12.1 Å². The van der Waals surface area contributed by atoms with Crippen molar-refractivity contribution in [3.05, 3.63) is 29.8 Å². The van der Waals surface area contributed by atoms with Gasteiger partial charge >= 0.3 is 0 Å². The minimum absolute atomic E-state index is 0.0686. The van der Waals surface area contributed by atoms with Crippen molar-refractivity contribution in [2.45, 2.75) is 45.8 Å². The Kier molecular flexibility index (Phi) is 5.36. The number of carbonyl (C=O) groups excluding carboxylic acids is 1. The second-order valence-corrected chi connectivity index (χ2v) is 5.23. The van der Waals surface area contributed by atoms with E-state index in [9.17, 15) is 9.90 Å². The molecule has 0 aliphatic rings. The Bertz CT molecular complexity index is 427. The molecule has 0 aromatic heterocycles. The van der Waals surface area contributed by atoms with Crippen LogP contribution in [-0.4, -0.2) is 29.3 Å².